The Bertz CT molecular complexity index is 363. The third-order valence-electron chi connectivity index (χ3n) is 1.98. The van der Waals surface area contributed by atoms with Gasteiger partial charge in [0.15, 0.2) is 0 Å². The van der Waals surface area contributed by atoms with Crippen molar-refractivity contribution in [2.75, 3.05) is 7.11 Å². The predicted octanol–water partition coefficient (Wildman–Crippen LogP) is 3.08. The number of benzene rings is 1. The summed E-state index contributed by atoms with van der Waals surface area (Å²) in [5, 5.41) is 0. The zero-order valence-electron chi connectivity index (χ0n) is 7.93. The molecule has 76 valence electrons. The van der Waals surface area contributed by atoms with Crippen LogP contribution in [0.25, 0.3) is 0 Å². The van der Waals surface area contributed by atoms with Crippen molar-refractivity contribution in [1.82, 2.24) is 0 Å². The maximum Gasteiger partial charge on any atom is 0.309 e. The van der Waals surface area contributed by atoms with Gasteiger partial charge in [0.1, 0.15) is 0 Å². The zero-order chi connectivity index (χ0) is 10.7. The van der Waals surface area contributed by atoms with Crippen molar-refractivity contribution in [3.8, 4) is 0 Å². The Balaban J connectivity index is 3.02. The first-order valence-electron chi connectivity index (χ1n) is 4.06. The second-order valence-corrected chi connectivity index (χ2v) is 5.00. The maximum absolute atomic E-state index is 11.1. The van der Waals surface area contributed by atoms with Crippen LogP contribution in [0.1, 0.15) is 11.1 Å². The van der Waals surface area contributed by atoms with E-state index in [1.807, 2.05) is 19.1 Å². The van der Waals surface area contributed by atoms with Crippen molar-refractivity contribution < 1.29 is 9.53 Å². The summed E-state index contributed by atoms with van der Waals surface area (Å²) in [4.78, 5) is 11.1. The summed E-state index contributed by atoms with van der Waals surface area (Å²) in [5.41, 5.74) is 2.15. The van der Waals surface area contributed by atoms with Crippen molar-refractivity contribution in [1.29, 1.82) is 0 Å². The Morgan fingerprint density at radius 2 is 2.21 bits per heavy atom. The van der Waals surface area contributed by atoms with E-state index < -0.39 is 0 Å². The first kappa shape index (κ1) is 12.0. The average molecular weight is 369 g/mol. The van der Waals surface area contributed by atoms with Gasteiger partial charge in [-0.15, -0.1) is 0 Å². The Kier molecular flexibility index (Phi) is 4.37. The number of ether oxygens (including phenoxy) is 1. The number of carbonyl (C=O) groups excluding carboxylic acids is 1. The van der Waals surface area contributed by atoms with Crippen LogP contribution in [0.3, 0.4) is 0 Å². The minimum atomic E-state index is -0.206. The average Bonchev–Trinajstić information content (AvgIpc) is 2.13. The lowest BCUT2D eigenvalue weighted by atomic mass is 10.1. The molecule has 0 saturated carbocycles. The van der Waals surface area contributed by atoms with Gasteiger partial charge >= 0.3 is 5.97 Å². The topological polar surface area (TPSA) is 26.3 Å². The molecule has 14 heavy (non-hydrogen) atoms. The van der Waals surface area contributed by atoms with Crippen LogP contribution in [0.2, 0.25) is 0 Å². The van der Waals surface area contributed by atoms with Gasteiger partial charge in [0.25, 0.3) is 0 Å². The summed E-state index contributed by atoms with van der Waals surface area (Å²) >= 11 is 5.65. The molecule has 4 heteroatoms. The third kappa shape index (κ3) is 2.95. The summed E-state index contributed by atoms with van der Waals surface area (Å²) in [7, 11) is 1.40. The quantitative estimate of drug-likeness (QED) is 0.592. The number of carbonyl (C=O) groups is 1. The second-order valence-electron chi connectivity index (χ2n) is 2.92. The summed E-state index contributed by atoms with van der Waals surface area (Å²) < 4.78 is 6.77. The number of esters is 1. The highest BCUT2D eigenvalue weighted by Crippen LogP contribution is 2.22. The van der Waals surface area contributed by atoms with Crippen molar-refractivity contribution in [3.05, 3.63) is 31.3 Å². The summed E-state index contributed by atoms with van der Waals surface area (Å²) in [6.45, 7) is 2.01. The number of hydrogen-bond donors (Lipinski definition) is 0. The summed E-state index contributed by atoms with van der Waals surface area (Å²) in [6, 6.07) is 3.98. The monoisotopic (exact) mass is 368 g/mol. The third-order valence-corrected chi connectivity index (χ3v) is 3.56. The molecule has 0 amide bonds. The molecule has 1 rings (SSSR count). The molecule has 0 saturated heterocycles. The summed E-state index contributed by atoms with van der Waals surface area (Å²) in [6.07, 6.45) is 0.331. The van der Waals surface area contributed by atoms with E-state index in [1.54, 1.807) is 0 Å². The number of hydrogen-bond acceptors (Lipinski definition) is 2. The van der Waals surface area contributed by atoms with Gasteiger partial charge in [-0.25, -0.2) is 0 Å². The van der Waals surface area contributed by atoms with E-state index in [-0.39, 0.29) is 5.97 Å². The molecule has 0 aliphatic rings. The largest absolute Gasteiger partial charge is 0.469 e. The van der Waals surface area contributed by atoms with E-state index in [1.165, 1.54) is 7.11 Å². The molecule has 0 bridgehead atoms. The van der Waals surface area contributed by atoms with E-state index in [0.29, 0.717) is 6.42 Å². The maximum atomic E-state index is 11.1. The highest BCUT2D eigenvalue weighted by Gasteiger charge is 2.08. The van der Waals surface area contributed by atoms with Crippen LogP contribution in [0.4, 0.5) is 0 Å². The minimum Gasteiger partial charge on any atom is -0.469 e. The van der Waals surface area contributed by atoms with Crippen molar-refractivity contribution in [3.63, 3.8) is 0 Å². The number of methoxy groups -OCH3 is 1. The molecule has 1 aromatic carbocycles. The fourth-order valence-corrected chi connectivity index (χ4v) is 2.73. The standard InChI is InChI=1S/C10H10BrIO2/c1-6-7(4-10(13)14-2)3-8(11)5-9(6)12/h3,5H,4H2,1-2H3. The number of rotatable bonds is 2. The van der Waals surface area contributed by atoms with E-state index in [0.717, 1.165) is 19.2 Å². The fraction of sp³-hybridized carbons (Fsp3) is 0.300. The molecule has 2 nitrogen and oxygen atoms in total. The molecule has 0 aliphatic heterocycles. The van der Waals surface area contributed by atoms with E-state index in [4.69, 9.17) is 0 Å². The Morgan fingerprint density at radius 1 is 1.57 bits per heavy atom. The highest BCUT2D eigenvalue weighted by molar-refractivity contribution is 14.1. The van der Waals surface area contributed by atoms with Crippen LogP contribution in [0.15, 0.2) is 16.6 Å². The SMILES string of the molecule is COC(=O)Cc1cc(Br)cc(I)c1C. The molecule has 0 heterocycles. The molecule has 0 fully saturated rings. The van der Waals surface area contributed by atoms with E-state index >= 15 is 0 Å². The predicted molar refractivity (Wildman–Crippen MR) is 67.3 cm³/mol. The molecular weight excluding hydrogens is 359 g/mol. The van der Waals surface area contributed by atoms with E-state index in [2.05, 4.69) is 43.3 Å². The molecule has 0 spiro atoms. The van der Waals surface area contributed by atoms with Crippen LogP contribution in [0, 0.1) is 10.5 Å². The van der Waals surface area contributed by atoms with Gasteiger partial charge in [0.05, 0.1) is 13.5 Å². The van der Waals surface area contributed by atoms with Gasteiger partial charge in [0, 0.05) is 8.04 Å². The molecule has 0 aromatic heterocycles. The molecular formula is C10H10BrIO2. The first-order valence-corrected chi connectivity index (χ1v) is 5.93. The number of halogens is 2. The van der Waals surface area contributed by atoms with Crippen LogP contribution < -0.4 is 0 Å². The summed E-state index contributed by atoms with van der Waals surface area (Å²) in [5.74, 6) is -0.206. The van der Waals surface area contributed by atoms with Crippen LogP contribution in [-0.4, -0.2) is 13.1 Å². The van der Waals surface area contributed by atoms with E-state index in [9.17, 15) is 4.79 Å². The van der Waals surface area contributed by atoms with Crippen molar-refractivity contribution in [2.45, 2.75) is 13.3 Å². The smallest absolute Gasteiger partial charge is 0.309 e. The van der Waals surface area contributed by atoms with Crippen molar-refractivity contribution >= 4 is 44.5 Å². The lowest BCUT2D eigenvalue weighted by Crippen LogP contribution is -2.06. The van der Waals surface area contributed by atoms with Crippen molar-refractivity contribution in [2.24, 2.45) is 0 Å². The van der Waals surface area contributed by atoms with Gasteiger partial charge in [-0.05, 0) is 52.8 Å². The Morgan fingerprint density at radius 3 is 2.79 bits per heavy atom. The lowest BCUT2D eigenvalue weighted by Gasteiger charge is -2.07. The lowest BCUT2D eigenvalue weighted by molar-refractivity contribution is -0.139. The fourth-order valence-electron chi connectivity index (χ4n) is 1.11. The molecule has 1 aromatic rings. The Labute approximate surface area is 105 Å². The zero-order valence-corrected chi connectivity index (χ0v) is 11.7. The van der Waals surface area contributed by atoms with Gasteiger partial charge in [-0.1, -0.05) is 15.9 Å². The van der Waals surface area contributed by atoms with Gasteiger partial charge in [0.2, 0.25) is 0 Å². The van der Waals surface area contributed by atoms with Gasteiger partial charge in [-0.3, -0.25) is 4.79 Å². The van der Waals surface area contributed by atoms with Crippen LogP contribution in [-0.2, 0) is 16.0 Å². The van der Waals surface area contributed by atoms with Gasteiger partial charge < -0.3 is 4.74 Å². The molecule has 0 unspecified atom stereocenters. The van der Waals surface area contributed by atoms with Crippen LogP contribution >= 0.6 is 38.5 Å². The first-order chi connectivity index (χ1) is 6.54. The van der Waals surface area contributed by atoms with Crippen LogP contribution in [0.5, 0.6) is 0 Å². The molecule has 0 aliphatic carbocycles. The molecule has 0 N–H and O–H groups in total. The van der Waals surface area contributed by atoms with Gasteiger partial charge in [-0.2, -0.15) is 0 Å². The Hall–Kier alpha value is -0.100. The minimum absolute atomic E-state index is 0.206. The second kappa shape index (κ2) is 5.11. The molecule has 0 atom stereocenters. The normalized spacial score (nSPS) is 10.0. The molecule has 0 radical (unpaired) electrons. The highest BCUT2D eigenvalue weighted by atomic mass is 127.